The minimum absolute atomic E-state index is 0.0351. The first kappa shape index (κ1) is 13.8. The molecule has 0 aliphatic carbocycles. The summed E-state index contributed by atoms with van der Waals surface area (Å²) in [5.74, 6) is -0.834. The number of hydrogen-bond donors (Lipinski definition) is 1. The van der Waals surface area contributed by atoms with E-state index in [0.29, 0.717) is 0 Å². The Morgan fingerprint density at radius 2 is 1.81 bits per heavy atom. The maximum atomic E-state index is 11.4. The molecule has 0 unspecified atom stereocenters. The molecule has 88 valence electrons. The molecule has 0 fully saturated rings. The van der Waals surface area contributed by atoms with Crippen molar-refractivity contribution in [2.75, 3.05) is 13.2 Å². The molecule has 0 amide bonds. The highest BCUT2D eigenvalue weighted by Crippen LogP contribution is 2.36. The Balaban J connectivity index is 3.10. The van der Waals surface area contributed by atoms with Gasteiger partial charge in [-0.05, 0) is 0 Å². The number of rotatable bonds is 3. The lowest BCUT2D eigenvalue weighted by molar-refractivity contribution is 0.0427. The molecule has 0 spiro atoms. The van der Waals surface area contributed by atoms with E-state index in [1.54, 1.807) is 0 Å². The van der Waals surface area contributed by atoms with Crippen molar-refractivity contribution >= 4 is 52.4 Å². The summed E-state index contributed by atoms with van der Waals surface area (Å²) in [7, 11) is 0. The average Bonchev–Trinajstić information content (AvgIpc) is 2.28. The molecule has 1 rings (SSSR count). The van der Waals surface area contributed by atoms with Crippen molar-refractivity contribution in [3.63, 3.8) is 0 Å². The SMILES string of the molecule is O=C(OCCO)c1nc(Cl)c(Cl)c(Cl)c1Cl. The third-order valence-corrected chi connectivity index (χ3v) is 3.18. The molecule has 0 aliphatic rings. The number of carbonyl (C=O) groups is 1. The summed E-state index contributed by atoms with van der Waals surface area (Å²) >= 11 is 22.8. The second kappa shape index (κ2) is 5.89. The Kier molecular flexibility index (Phi) is 5.08. The van der Waals surface area contributed by atoms with Crippen molar-refractivity contribution < 1.29 is 14.6 Å². The van der Waals surface area contributed by atoms with Crippen LogP contribution in [0.2, 0.25) is 20.2 Å². The number of hydrogen-bond acceptors (Lipinski definition) is 4. The Morgan fingerprint density at radius 1 is 1.19 bits per heavy atom. The van der Waals surface area contributed by atoms with E-state index in [0.717, 1.165) is 0 Å². The summed E-state index contributed by atoms with van der Waals surface area (Å²) in [5, 5.41) is 8.09. The number of ether oxygens (including phenoxy) is 1. The summed E-state index contributed by atoms with van der Waals surface area (Å²) in [5.41, 5.74) is -0.241. The monoisotopic (exact) mass is 303 g/mol. The molecule has 0 bridgehead atoms. The lowest BCUT2D eigenvalue weighted by Gasteiger charge is -2.07. The van der Waals surface area contributed by atoms with Crippen LogP contribution in [0.25, 0.3) is 0 Å². The summed E-state index contributed by atoms with van der Waals surface area (Å²) in [6.45, 7) is -0.479. The van der Waals surface area contributed by atoms with Gasteiger partial charge in [0.2, 0.25) is 0 Å². The molecular weight excluding hydrogens is 300 g/mol. The Labute approximate surface area is 111 Å². The topological polar surface area (TPSA) is 59.4 Å². The number of nitrogens with zero attached hydrogens (tertiary/aromatic N) is 1. The van der Waals surface area contributed by atoms with Crippen molar-refractivity contribution in [1.29, 1.82) is 0 Å². The zero-order valence-corrected chi connectivity index (χ0v) is 10.7. The first-order valence-corrected chi connectivity index (χ1v) is 5.48. The van der Waals surface area contributed by atoms with E-state index in [1.165, 1.54) is 0 Å². The fraction of sp³-hybridized carbons (Fsp3) is 0.250. The van der Waals surface area contributed by atoms with Gasteiger partial charge in [0.05, 0.1) is 21.7 Å². The fourth-order valence-corrected chi connectivity index (χ4v) is 1.63. The maximum Gasteiger partial charge on any atom is 0.358 e. The van der Waals surface area contributed by atoms with Crippen LogP contribution < -0.4 is 0 Å². The predicted octanol–water partition coefficient (Wildman–Crippen LogP) is 2.84. The molecule has 1 N–H and O–H groups in total. The first-order chi connectivity index (χ1) is 7.49. The Hall–Kier alpha value is -0.260. The van der Waals surface area contributed by atoms with Gasteiger partial charge in [0.15, 0.2) is 5.69 Å². The summed E-state index contributed by atoms with van der Waals surface area (Å²) < 4.78 is 4.61. The first-order valence-electron chi connectivity index (χ1n) is 3.97. The third-order valence-electron chi connectivity index (χ3n) is 1.50. The minimum Gasteiger partial charge on any atom is -0.458 e. The molecule has 0 saturated carbocycles. The van der Waals surface area contributed by atoms with E-state index in [-0.39, 0.29) is 39.1 Å². The normalized spacial score (nSPS) is 10.3. The average molecular weight is 305 g/mol. The van der Waals surface area contributed by atoms with Gasteiger partial charge in [0.1, 0.15) is 11.8 Å². The van der Waals surface area contributed by atoms with Crippen LogP contribution in [0.5, 0.6) is 0 Å². The number of aromatic nitrogens is 1. The highest BCUT2D eigenvalue weighted by Gasteiger charge is 2.21. The van der Waals surface area contributed by atoms with Gasteiger partial charge in [-0.15, -0.1) is 0 Å². The standard InChI is InChI=1S/C8H5Cl4NO3/c9-3-4(10)6(8(15)16-2-1-14)13-7(12)5(3)11/h14H,1-2H2. The van der Waals surface area contributed by atoms with Gasteiger partial charge < -0.3 is 9.84 Å². The van der Waals surface area contributed by atoms with Gasteiger partial charge in [-0.25, -0.2) is 9.78 Å². The van der Waals surface area contributed by atoms with Crippen molar-refractivity contribution in [3.05, 3.63) is 25.9 Å². The largest absolute Gasteiger partial charge is 0.458 e. The molecule has 1 aromatic heterocycles. The second-order valence-corrected chi connectivity index (χ2v) is 4.04. The highest BCUT2D eigenvalue weighted by molar-refractivity contribution is 6.52. The van der Waals surface area contributed by atoms with Gasteiger partial charge >= 0.3 is 5.97 Å². The van der Waals surface area contributed by atoms with E-state index >= 15 is 0 Å². The van der Waals surface area contributed by atoms with Crippen LogP contribution in [-0.2, 0) is 4.74 Å². The molecule has 0 radical (unpaired) electrons. The zero-order valence-electron chi connectivity index (χ0n) is 7.64. The van der Waals surface area contributed by atoms with Crippen molar-refractivity contribution in [2.24, 2.45) is 0 Å². The van der Waals surface area contributed by atoms with E-state index in [1.807, 2.05) is 0 Å². The molecule has 0 aromatic carbocycles. The van der Waals surface area contributed by atoms with Crippen molar-refractivity contribution in [2.45, 2.75) is 0 Å². The lowest BCUT2D eigenvalue weighted by Crippen LogP contribution is -2.11. The summed E-state index contributed by atoms with van der Waals surface area (Å²) in [4.78, 5) is 15.0. The number of aliphatic hydroxyl groups is 1. The molecular formula is C8H5Cl4NO3. The molecule has 16 heavy (non-hydrogen) atoms. The van der Waals surface area contributed by atoms with Crippen LogP contribution in [0.1, 0.15) is 10.5 Å². The van der Waals surface area contributed by atoms with Crippen LogP contribution in [0, 0.1) is 0 Å². The number of carbonyl (C=O) groups excluding carboxylic acids is 1. The molecule has 1 aromatic rings. The van der Waals surface area contributed by atoms with Crippen LogP contribution in [0.15, 0.2) is 0 Å². The Bertz CT molecular complexity index is 424. The van der Waals surface area contributed by atoms with Crippen LogP contribution in [0.4, 0.5) is 0 Å². The molecule has 0 saturated heterocycles. The number of pyridine rings is 1. The number of esters is 1. The van der Waals surface area contributed by atoms with Gasteiger partial charge in [0.25, 0.3) is 0 Å². The smallest absolute Gasteiger partial charge is 0.358 e. The van der Waals surface area contributed by atoms with Crippen molar-refractivity contribution in [3.8, 4) is 0 Å². The fourth-order valence-electron chi connectivity index (χ4n) is 0.829. The van der Waals surface area contributed by atoms with E-state index in [2.05, 4.69) is 9.72 Å². The molecule has 4 nitrogen and oxygen atoms in total. The van der Waals surface area contributed by atoms with E-state index in [9.17, 15) is 4.79 Å². The summed E-state index contributed by atoms with van der Waals surface area (Å²) in [6, 6.07) is 0. The van der Waals surface area contributed by atoms with Crippen LogP contribution in [-0.4, -0.2) is 29.3 Å². The van der Waals surface area contributed by atoms with E-state index < -0.39 is 5.97 Å². The molecule has 0 atom stereocenters. The van der Waals surface area contributed by atoms with E-state index in [4.69, 9.17) is 51.5 Å². The molecule has 8 heteroatoms. The highest BCUT2D eigenvalue weighted by atomic mass is 35.5. The van der Waals surface area contributed by atoms with Gasteiger partial charge in [0, 0.05) is 0 Å². The lowest BCUT2D eigenvalue weighted by atomic mass is 10.3. The van der Waals surface area contributed by atoms with Crippen LogP contribution >= 0.6 is 46.4 Å². The molecule has 0 aliphatic heterocycles. The third kappa shape index (κ3) is 2.90. The van der Waals surface area contributed by atoms with Crippen LogP contribution in [0.3, 0.4) is 0 Å². The molecule has 1 heterocycles. The minimum atomic E-state index is -0.834. The van der Waals surface area contributed by atoms with Crippen molar-refractivity contribution in [1.82, 2.24) is 4.98 Å². The van der Waals surface area contributed by atoms with Gasteiger partial charge in [-0.3, -0.25) is 0 Å². The van der Waals surface area contributed by atoms with Gasteiger partial charge in [-0.2, -0.15) is 0 Å². The second-order valence-electron chi connectivity index (χ2n) is 2.55. The predicted molar refractivity (Wildman–Crippen MR) is 61.6 cm³/mol. The number of aliphatic hydroxyl groups excluding tert-OH is 1. The van der Waals surface area contributed by atoms with Gasteiger partial charge in [-0.1, -0.05) is 46.4 Å². The number of halogens is 4. The Morgan fingerprint density at radius 3 is 2.38 bits per heavy atom. The zero-order chi connectivity index (χ0) is 12.3. The quantitative estimate of drug-likeness (QED) is 0.689. The maximum absolute atomic E-state index is 11.4. The summed E-state index contributed by atoms with van der Waals surface area (Å²) in [6.07, 6.45) is 0.